The smallest absolute Gasteiger partial charge is 0.209 e. The van der Waals surface area contributed by atoms with Gasteiger partial charge in [0.05, 0.1) is 17.6 Å². The van der Waals surface area contributed by atoms with Gasteiger partial charge in [0.25, 0.3) is 0 Å². The molecule has 1 aliphatic heterocycles. The number of aromatic nitrogens is 4. The lowest BCUT2D eigenvalue weighted by Gasteiger charge is -2.43. The fourth-order valence-electron chi connectivity index (χ4n) is 4.79. The Balaban J connectivity index is 1.58. The molecule has 0 fully saturated rings. The van der Waals surface area contributed by atoms with Gasteiger partial charge in [-0.15, -0.1) is 16.4 Å². The molecule has 1 aromatic carbocycles. The van der Waals surface area contributed by atoms with Crippen molar-refractivity contribution in [3.05, 3.63) is 73.8 Å². The quantitative estimate of drug-likeness (QED) is 0.444. The number of ketones is 1. The Bertz CT molecular complexity index is 1450. The number of nitriles is 1. The number of hydrogen-bond acceptors (Lipinski definition) is 9. The highest BCUT2D eigenvalue weighted by Crippen LogP contribution is 2.51. The summed E-state index contributed by atoms with van der Waals surface area (Å²) in [6.07, 6.45) is 1.09. The summed E-state index contributed by atoms with van der Waals surface area (Å²) < 4.78 is 1.63. The second kappa shape index (κ2) is 9.39. The Hall–Kier alpha value is -3.13. The van der Waals surface area contributed by atoms with E-state index in [0.717, 1.165) is 27.0 Å². The molecule has 3 heterocycles. The Morgan fingerprint density at radius 1 is 1.31 bits per heavy atom. The minimum atomic E-state index is -0.489. The van der Waals surface area contributed by atoms with Gasteiger partial charge in [0, 0.05) is 46.1 Å². The standard InChI is InChI=1S/C25H24ClN7OS2/c1-25(2)9-18-22(19(34)10-25)21(17(11-27)23(28)33(18)16-6-4-15(26)5-7-16)20-8-14(12-35-20)13-36-24-29-30-31-32(24)3/h4-8,12,21H,9-10,13,28H2,1-3H3/t21-/m0/s1. The molecule has 0 amide bonds. The third-order valence-electron chi connectivity index (χ3n) is 6.37. The number of tetrazole rings is 1. The molecule has 184 valence electrons. The average Bonchev–Trinajstić information content (AvgIpc) is 3.46. The number of Topliss-reactive ketones (excluding diaryl/α,β-unsaturated/α-hetero) is 1. The summed E-state index contributed by atoms with van der Waals surface area (Å²) in [6, 6.07) is 11.7. The Kier molecular flexibility index (Phi) is 6.41. The van der Waals surface area contributed by atoms with Crippen molar-refractivity contribution < 1.29 is 4.79 Å². The molecule has 36 heavy (non-hydrogen) atoms. The van der Waals surface area contributed by atoms with Crippen LogP contribution >= 0.6 is 34.7 Å². The predicted octanol–water partition coefficient (Wildman–Crippen LogP) is 5.16. The minimum Gasteiger partial charge on any atom is -0.384 e. The Labute approximate surface area is 222 Å². The van der Waals surface area contributed by atoms with Crippen LogP contribution in [0.4, 0.5) is 5.69 Å². The molecule has 1 aliphatic carbocycles. The van der Waals surface area contributed by atoms with Crippen LogP contribution in [0, 0.1) is 16.7 Å². The van der Waals surface area contributed by atoms with Gasteiger partial charge in [0.2, 0.25) is 5.16 Å². The van der Waals surface area contributed by atoms with Gasteiger partial charge in [-0.05, 0) is 63.5 Å². The van der Waals surface area contributed by atoms with Crippen LogP contribution in [0.15, 0.2) is 63.5 Å². The topological polar surface area (TPSA) is 114 Å². The minimum absolute atomic E-state index is 0.0555. The number of carbonyl (C=O) groups excluding carboxylic acids is 1. The molecule has 0 unspecified atom stereocenters. The van der Waals surface area contributed by atoms with E-state index in [4.69, 9.17) is 17.3 Å². The number of hydrogen-bond donors (Lipinski definition) is 1. The summed E-state index contributed by atoms with van der Waals surface area (Å²) in [5, 5.41) is 25.2. The first-order valence-electron chi connectivity index (χ1n) is 11.3. The van der Waals surface area contributed by atoms with Crippen LogP contribution in [0.2, 0.25) is 5.02 Å². The van der Waals surface area contributed by atoms with Crippen molar-refractivity contribution in [3.8, 4) is 6.07 Å². The highest BCUT2D eigenvalue weighted by molar-refractivity contribution is 7.98. The van der Waals surface area contributed by atoms with E-state index in [1.165, 1.54) is 11.8 Å². The van der Waals surface area contributed by atoms with Crippen LogP contribution in [0.3, 0.4) is 0 Å². The van der Waals surface area contributed by atoms with Crippen LogP contribution < -0.4 is 10.6 Å². The van der Waals surface area contributed by atoms with E-state index in [9.17, 15) is 10.1 Å². The zero-order valence-corrected chi connectivity index (χ0v) is 22.4. The summed E-state index contributed by atoms with van der Waals surface area (Å²) in [5.41, 5.74) is 10.2. The number of thiophene rings is 1. The van der Waals surface area contributed by atoms with Crippen molar-refractivity contribution in [2.24, 2.45) is 18.2 Å². The van der Waals surface area contributed by atoms with Crippen LogP contribution in [0.5, 0.6) is 0 Å². The third-order valence-corrected chi connectivity index (χ3v) is 8.75. The summed E-state index contributed by atoms with van der Waals surface area (Å²) in [5.74, 6) is 0.586. The molecule has 3 aromatic rings. The fraction of sp³-hybridized carbons (Fsp3) is 0.320. The van der Waals surface area contributed by atoms with Gasteiger partial charge in [-0.2, -0.15) is 5.26 Å². The van der Waals surface area contributed by atoms with E-state index in [2.05, 4.69) is 46.9 Å². The molecule has 2 aromatic heterocycles. The molecule has 0 bridgehead atoms. The molecular weight excluding hydrogens is 514 g/mol. The summed E-state index contributed by atoms with van der Waals surface area (Å²) >= 11 is 9.20. The number of nitrogens with two attached hydrogens (primary N) is 1. The summed E-state index contributed by atoms with van der Waals surface area (Å²) in [4.78, 5) is 16.4. The zero-order valence-electron chi connectivity index (χ0n) is 20.0. The van der Waals surface area contributed by atoms with Crippen LogP contribution in [-0.2, 0) is 17.6 Å². The molecule has 0 radical (unpaired) electrons. The SMILES string of the molecule is Cn1nnnc1SCc1csc([C@@H]2C(C#N)=C(N)N(c3ccc(Cl)cc3)C3=C2C(=O)CC(C)(C)C3)c1. The number of allylic oxidation sites excluding steroid dienone is 3. The van der Waals surface area contributed by atoms with E-state index >= 15 is 0 Å². The number of rotatable bonds is 5. The highest BCUT2D eigenvalue weighted by Gasteiger charge is 2.45. The van der Waals surface area contributed by atoms with Gasteiger partial charge < -0.3 is 5.73 Å². The van der Waals surface area contributed by atoms with Crippen molar-refractivity contribution >= 4 is 46.2 Å². The first-order chi connectivity index (χ1) is 17.2. The monoisotopic (exact) mass is 537 g/mol. The van der Waals surface area contributed by atoms with E-state index in [-0.39, 0.29) is 11.2 Å². The molecule has 8 nitrogen and oxygen atoms in total. The molecule has 2 aliphatic rings. The van der Waals surface area contributed by atoms with E-state index < -0.39 is 5.92 Å². The molecule has 0 spiro atoms. The second-order valence-electron chi connectivity index (χ2n) is 9.69. The molecule has 2 N–H and O–H groups in total. The number of anilines is 1. The first kappa shape index (κ1) is 24.6. The lowest BCUT2D eigenvalue weighted by molar-refractivity contribution is -0.118. The zero-order chi connectivity index (χ0) is 25.6. The lowest BCUT2D eigenvalue weighted by Crippen LogP contribution is -2.42. The van der Waals surface area contributed by atoms with Gasteiger partial charge in [-0.1, -0.05) is 37.2 Å². The van der Waals surface area contributed by atoms with E-state index in [0.29, 0.717) is 40.6 Å². The second-order valence-corrected chi connectivity index (χ2v) is 12.0. The van der Waals surface area contributed by atoms with Gasteiger partial charge >= 0.3 is 0 Å². The van der Waals surface area contributed by atoms with E-state index in [1.54, 1.807) is 35.2 Å². The van der Waals surface area contributed by atoms with Gasteiger partial charge in [0.1, 0.15) is 5.82 Å². The normalized spacial score (nSPS) is 19.5. The average molecular weight is 538 g/mol. The molecule has 11 heteroatoms. The summed E-state index contributed by atoms with van der Waals surface area (Å²) in [6.45, 7) is 4.18. The Morgan fingerprint density at radius 2 is 2.06 bits per heavy atom. The highest BCUT2D eigenvalue weighted by atomic mass is 35.5. The third kappa shape index (κ3) is 4.43. The maximum absolute atomic E-state index is 13.6. The largest absolute Gasteiger partial charge is 0.384 e. The van der Waals surface area contributed by atoms with Crippen LogP contribution in [0.25, 0.3) is 0 Å². The molecular formula is C25H24ClN7OS2. The van der Waals surface area contributed by atoms with E-state index in [1.807, 2.05) is 17.0 Å². The maximum atomic E-state index is 13.6. The molecule has 1 atom stereocenters. The van der Waals surface area contributed by atoms with Crippen molar-refractivity contribution in [1.29, 1.82) is 5.26 Å². The Morgan fingerprint density at radius 3 is 2.72 bits per heavy atom. The maximum Gasteiger partial charge on any atom is 0.209 e. The van der Waals surface area contributed by atoms with Gasteiger partial charge in [-0.3, -0.25) is 9.69 Å². The number of aryl methyl sites for hydroxylation is 1. The number of benzene rings is 1. The molecule has 0 saturated carbocycles. The predicted molar refractivity (Wildman–Crippen MR) is 141 cm³/mol. The van der Waals surface area contributed by atoms with Crippen molar-refractivity contribution in [2.75, 3.05) is 4.90 Å². The van der Waals surface area contributed by atoms with Crippen LogP contribution in [-0.4, -0.2) is 26.0 Å². The summed E-state index contributed by atoms with van der Waals surface area (Å²) in [7, 11) is 1.80. The lowest BCUT2D eigenvalue weighted by atomic mass is 9.69. The molecule has 5 rings (SSSR count). The number of nitrogens with zero attached hydrogens (tertiary/aromatic N) is 6. The number of thioether (sulfide) groups is 1. The molecule has 0 saturated heterocycles. The van der Waals surface area contributed by atoms with Gasteiger partial charge in [0.15, 0.2) is 5.78 Å². The number of halogens is 1. The van der Waals surface area contributed by atoms with Gasteiger partial charge in [-0.25, -0.2) is 4.68 Å². The van der Waals surface area contributed by atoms with Crippen molar-refractivity contribution in [2.45, 2.75) is 43.5 Å². The van der Waals surface area contributed by atoms with Crippen molar-refractivity contribution in [3.63, 3.8) is 0 Å². The number of carbonyl (C=O) groups is 1. The first-order valence-corrected chi connectivity index (χ1v) is 13.6. The fourth-order valence-corrected chi connectivity index (χ4v) is 6.83. The van der Waals surface area contributed by atoms with Crippen LogP contribution in [0.1, 0.15) is 43.0 Å². The van der Waals surface area contributed by atoms with Crippen molar-refractivity contribution in [1.82, 2.24) is 20.2 Å².